The molecule has 1 aromatic carbocycles. The number of aromatic nitrogens is 4. The summed E-state index contributed by atoms with van der Waals surface area (Å²) < 4.78 is 1.79. The third kappa shape index (κ3) is 3.79. The van der Waals surface area contributed by atoms with Gasteiger partial charge in [0.15, 0.2) is 0 Å². The predicted molar refractivity (Wildman–Crippen MR) is 121 cm³/mol. The van der Waals surface area contributed by atoms with Crippen molar-refractivity contribution in [2.24, 2.45) is 0 Å². The van der Waals surface area contributed by atoms with Crippen LogP contribution in [0.3, 0.4) is 0 Å². The molecule has 156 valence electrons. The molecule has 5 rings (SSSR count). The first-order valence-electron chi connectivity index (χ1n) is 10.3. The number of anilines is 3. The number of hydrogen-bond donors (Lipinski definition) is 1. The minimum absolute atomic E-state index is 0.241. The van der Waals surface area contributed by atoms with Crippen molar-refractivity contribution in [2.75, 3.05) is 41.3 Å². The van der Waals surface area contributed by atoms with E-state index in [0.29, 0.717) is 17.2 Å². The van der Waals surface area contributed by atoms with Crippen LogP contribution in [0.5, 0.6) is 0 Å². The van der Waals surface area contributed by atoms with Crippen LogP contribution in [0.2, 0.25) is 0 Å². The van der Waals surface area contributed by atoms with Crippen LogP contribution in [0.4, 0.5) is 17.3 Å². The lowest BCUT2D eigenvalue weighted by Gasteiger charge is -2.36. The van der Waals surface area contributed by atoms with Gasteiger partial charge in [0.25, 0.3) is 5.91 Å². The summed E-state index contributed by atoms with van der Waals surface area (Å²) in [5.41, 5.74) is 3.16. The Hall–Kier alpha value is -3.94. The number of hydrogen-bond acceptors (Lipinski definition) is 6. The fraction of sp³-hybridized carbons (Fsp3) is 0.217. The molecule has 4 aromatic rings. The van der Waals surface area contributed by atoms with Crippen molar-refractivity contribution >= 4 is 28.9 Å². The molecule has 0 unspecified atom stereocenters. The molecular formula is C23H23N7O. The Bertz CT molecular complexity index is 1210. The first-order valence-corrected chi connectivity index (χ1v) is 10.3. The molecule has 0 bridgehead atoms. The molecule has 1 aliphatic rings. The Kier molecular flexibility index (Phi) is 4.95. The Morgan fingerprint density at radius 1 is 0.935 bits per heavy atom. The highest BCUT2D eigenvalue weighted by Gasteiger charge is 2.20. The molecule has 3 aromatic heterocycles. The number of aryl methyl sites for hydroxylation is 1. The molecule has 0 saturated carbocycles. The standard InChI is InChI=1S/C23H23N7O/c1-17-22(30-10-6-5-9-20(30)26-17)23(31)27-19-15-21(25-16-24-19)29-13-11-28(12-14-29)18-7-3-2-4-8-18/h2-10,15-16H,11-14H2,1H3,(H,24,25,27,31). The Labute approximate surface area is 180 Å². The number of fused-ring (bicyclic) bond motifs is 1. The number of piperazine rings is 1. The molecule has 0 aliphatic carbocycles. The molecule has 31 heavy (non-hydrogen) atoms. The lowest BCUT2D eigenvalue weighted by atomic mass is 10.2. The van der Waals surface area contributed by atoms with Gasteiger partial charge in [-0.2, -0.15) is 0 Å². The lowest BCUT2D eigenvalue weighted by Crippen LogP contribution is -2.46. The van der Waals surface area contributed by atoms with Gasteiger partial charge in [0.05, 0.1) is 5.69 Å². The molecule has 8 nitrogen and oxygen atoms in total. The number of para-hydroxylation sites is 1. The second kappa shape index (κ2) is 8.06. The maximum atomic E-state index is 12.9. The van der Waals surface area contributed by atoms with E-state index in [1.807, 2.05) is 43.5 Å². The van der Waals surface area contributed by atoms with Crippen LogP contribution < -0.4 is 15.1 Å². The number of rotatable bonds is 4. The summed E-state index contributed by atoms with van der Waals surface area (Å²) in [5, 5.41) is 2.90. The minimum Gasteiger partial charge on any atom is -0.368 e. The highest BCUT2D eigenvalue weighted by Crippen LogP contribution is 2.21. The molecule has 1 fully saturated rings. The average molecular weight is 413 g/mol. The van der Waals surface area contributed by atoms with Crippen molar-refractivity contribution in [1.29, 1.82) is 0 Å². The highest BCUT2D eigenvalue weighted by atomic mass is 16.2. The van der Waals surface area contributed by atoms with Gasteiger partial charge in [-0.1, -0.05) is 24.3 Å². The topological polar surface area (TPSA) is 78.7 Å². The summed E-state index contributed by atoms with van der Waals surface area (Å²) in [6.07, 6.45) is 3.33. The Morgan fingerprint density at radius 2 is 1.68 bits per heavy atom. The zero-order chi connectivity index (χ0) is 21.2. The van der Waals surface area contributed by atoms with E-state index in [9.17, 15) is 4.79 Å². The van der Waals surface area contributed by atoms with E-state index >= 15 is 0 Å². The highest BCUT2D eigenvalue weighted by molar-refractivity contribution is 6.04. The smallest absolute Gasteiger partial charge is 0.275 e. The SMILES string of the molecule is Cc1nc2ccccn2c1C(=O)Nc1cc(N2CCN(c3ccccc3)CC2)ncn1. The predicted octanol–water partition coefficient (Wildman–Crippen LogP) is 3.01. The van der Waals surface area contributed by atoms with Crippen molar-refractivity contribution in [3.63, 3.8) is 0 Å². The molecule has 0 radical (unpaired) electrons. The van der Waals surface area contributed by atoms with Crippen LogP contribution in [0.15, 0.2) is 67.1 Å². The van der Waals surface area contributed by atoms with Crippen molar-refractivity contribution in [1.82, 2.24) is 19.4 Å². The summed E-state index contributed by atoms with van der Waals surface area (Å²) in [6, 6.07) is 17.9. The van der Waals surface area contributed by atoms with Crippen LogP contribution >= 0.6 is 0 Å². The van der Waals surface area contributed by atoms with Gasteiger partial charge in [0.2, 0.25) is 0 Å². The molecule has 0 spiro atoms. The number of benzene rings is 1. The third-order valence-corrected chi connectivity index (χ3v) is 5.54. The van der Waals surface area contributed by atoms with E-state index in [2.05, 4.69) is 54.3 Å². The second-order valence-corrected chi connectivity index (χ2v) is 7.50. The van der Waals surface area contributed by atoms with Gasteiger partial charge in [0, 0.05) is 44.1 Å². The minimum atomic E-state index is -0.241. The fourth-order valence-corrected chi connectivity index (χ4v) is 3.98. The van der Waals surface area contributed by atoms with E-state index in [1.165, 1.54) is 12.0 Å². The average Bonchev–Trinajstić information content (AvgIpc) is 3.16. The molecule has 1 amide bonds. The monoisotopic (exact) mass is 413 g/mol. The number of nitrogens with one attached hydrogen (secondary N) is 1. The first kappa shape index (κ1) is 19.0. The molecule has 1 saturated heterocycles. The number of carbonyl (C=O) groups excluding carboxylic acids is 1. The van der Waals surface area contributed by atoms with Gasteiger partial charge in [0.1, 0.15) is 29.3 Å². The van der Waals surface area contributed by atoms with Gasteiger partial charge in [-0.3, -0.25) is 9.20 Å². The van der Waals surface area contributed by atoms with E-state index in [0.717, 1.165) is 37.6 Å². The van der Waals surface area contributed by atoms with Crippen molar-refractivity contribution in [2.45, 2.75) is 6.92 Å². The summed E-state index contributed by atoms with van der Waals surface area (Å²) in [6.45, 7) is 5.37. The molecule has 1 N–H and O–H groups in total. The molecule has 4 heterocycles. The number of amides is 1. The first-order chi connectivity index (χ1) is 15.2. The van der Waals surface area contributed by atoms with Crippen molar-refractivity contribution < 1.29 is 4.79 Å². The lowest BCUT2D eigenvalue weighted by molar-refractivity contribution is 0.102. The molecule has 8 heteroatoms. The Balaban J connectivity index is 1.29. The van der Waals surface area contributed by atoms with Crippen LogP contribution in [-0.2, 0) is 0 Å². The fourth-order valence-electron chi connectivity index (χ4n) is 3.98. The van der Waals surface area contributed by atoms with E-state index in [4.69, 9.17) is 0 Å². The zero-order valence-corrected chi connectivity index (χ0v) is 17.3. The van der Waals surface area contributed by atoms with Crippen LogP contribution in [0, 0.1) is 6.92 Å². The summed E-state index contributed by atoms with van der Waals surface area (Å²) >= 11 is 0. The number of nitrogens with zero attached hydrogens (tertiary/aromatic N) is 6. The van der Waals surface area contributed by atoms with Gasteiger partial charge in [-0.25, -0.2) is 15.0 Å². The van der Waals surface area contributed by atoms with Crippen molar-refractivity contribution in [3.8, 4) is 0 Å². The molecule has 1 aliphatic heterocycles. The van der Waals surface area contributed by atoms with E-state index < -0.39 is 0 Å². The summed E-state index contributed by atoms with van der Waals surface area (Å²) in [7, 11) is 0. The van der Waals surface area contributed by atoms with Crippen LogP contribution in [0.25, 0.3) is 5.65 Å². The second-order valence-electron chi connectivity index (χ2n) is 7.50. The van der Waals surface area contributed by atoms with E-state index in [-0.39, 0.29) is 5.91 Å². The van der Waals surface area contributed by atoms with Crippen LogP contribution in [-0.4, -0.2) is 51.4 Å². The number of imidazole rings is 1. The summed E-state index contributed by atoms with van der Waals surface area (Å²) in [4.78, 5) is 30.7. The zero-order valence-electron chi connectivity index (χ0n) is 17.3. The van der Waals surface area contributed by atoms with Gasteiger partial charge in [-0.15, -0.1) is 0 Å². The summed E-state index contributed by atoms with van der Waals surface area (Å²) in [5.74, 6) is 1.05. The van der Waals surface area contributed by atoms with Gasteiger partial charge < -0.3 is 15.1 Å². The van der Waals surface area contributed by atoms with E-state index in [1.54, 1.807) is 4.40 Å². The van der Waals surface area contributed by atoms with Gasteiger partial charge in [-0.05, 0) is 31.2 Å². The Morgan fingerprint density at radius 3 is 2.48 bits per heavy atom. The molecular weight excluding hydrogens is 390 g/mol. The maximum absolute atomic E-state index is 12.9. The number of pyridine rings is 1. The largest absolute Gasteiger partial charge is 0.368 e. The third-order valence-electron chi connectivity index (χ3n) is 5.54. The quantitative estimate of drug-likeness (QED) is 0.554. The maximum Gasteiger partial charge on any atom is 0.275 e. The van der Waals surface area contributed by atoms with Crippen LogP contribution in [0.1, 0.15) is 16.2 Å². The molecule has 0 atom stereocenters. The van der Waals surface area contributed by atoms with Gasteiger partial charge >= 0.3 is 0 Å². The normalized spacial score (nSPS) is 14.1. The van der Waals surface area contributed by atoms with Crippen molar-refractivity contribution in [3.05, 3.63) is 78.5 Å². The number of carbonyl (C=O) groups is 1.